The van der Waals surface area contributed by atoms with E-state index >= 15 is 0 Å². The van der Waals surface area contributed by atoms with E-state index in [2.05, 4.69) is 5.32 Å². The van der Waals surface area contributed by atoms with Crippen molar-refractivity contribution in [3.05, 3.63) is 29.8 Å². The number of carbonyl (C=O) groups is 1. The second-order valence-corrected chi connectivity index (χ2v) is 9.44. The first-order valence-electron chi connectivity index (χ1n) is 8.37. The quantitative estimate of drug-likeness (QED) is 0.823. The molecule has 1 aliphatic carbocycles. The van der Waals surface area contributed by atoms with Crippen LogP contribution < -0.4 is 11.1 Å². The predicted molar refractivity (Wildman–Crippen MR) is 99.3 cm³/mol. The minimum atomic E-state index is -3.63. The standard InChI is InChI=1S/C17H25N3O3S.ClH/c1-17(2)11-20(9-8-15(17)18)24(22,23)14-5-3-4-12(10-14)16(21)19-13-6-7-13;/h3-5,10,13,15H,6-9,11,18H2,1-2H3,(H,19,21);1H. The summed E-state index contributed by atoms with van der Waals surface area (Å²) in [6, 6.07) is 6.50. The first-order valence-corrected chi connectivity index (χ1v) is 9.81. The van der Waals surface area contributed by atoms with E-state index in [9.17, 15) is 13.2 Å². The molecule has 140 valence electrons. The summed E-state index contributed by atoms with van der Waals surface area (Å²) in [6.07, 6.45) is 2.62. The third kappa shape index (κ3) is 4.34. The van der Waals surface area contributed by atoms with E-state index in [0.717, 1.165) is 12.8 Å². The first kappa shape index (κ1) is 20.2. The van der Waals surface area contributed by atoms with Crippen molar-refractivity contribution in [2.45, 2.75) is 50.1 Å². The highest BCUT2D eigenvalue weighted by Gasteiger charge is 2.39. The minimum Gasteiger partial charge on any atom is -0.349 e. The Morgan fingerprint density at radius 1 is 1.28 bits per heavy atom. The van der Waals surface area contributed by atoms with Gasteiger partial charge in [-0.3, -0.25) is 4.79 Å². The van der Waals surface area contributed by atoms with Crippen molar-refractivity contribution in [2.75, 3.05) is 13.1 Å². The fraction of sp³-hybridized carbons (Fsp3) is 0.588. The molecule has 8 heteroatoms. The van der Waals surface area contributed by atoms with Gasteiger partial charge in [-0.15, -0.1) is 12.4 Å². The summed E-state index contributed by atoms with van der Waals surface area (Å²) in [4.78, 5) is 12.3. The molecule has 1 saturated heterocycles. The number of benzene rings is 1. The van der Waals surface area contributed by atoms with E-state index in [1.165, 1.54) is 10.4 Å². The molecular weight excluding hydrogens is 362 g/mol. The summed E-state index contributed by atoms with van der Waals surface area (Å²) >= 11 is 0. The second kappa shape index (κ2) is 7.23. The summed E-state index contributed by atoms with van der Waals surface area (Å²) in [5.74, 6) is -0.212. The van der Waals surface area contributed by atoms with Crippen LogP contribution >= 0.6 is 12.4 Å². The fourth-order valence-corrected chi connectivity index (χ4v) is 4.65. The van der Waals surface area contributed by atoms with Crippen LogP contribution in [0.15, 0.2) is 29.2 Å². The van der Waals surface area contributed by atoms with E-state index in [0.29, 0.717) is 25.1 Å². The van der Waals surface area contributed by atoms with Gasteiger partial charge in [0, 0.05) is 30.7 Å². The SMILES string of the molecule is CC1(C)CN(S(=O)(=O)c2cccc(C(=O)NC3CC3)c2)CCC1N.Cl. The molecule has 6 nitrogen and oxygen atoms in total. The van der Waals surface area contributed by atoms with Gasteiger partial charge in [-0.25, -0.2) is 8.42 Å². The third-order valence-corrected chi connectivity index (χ3v) is 6.76. The van der Waals surface area contributed by atoms with Gasteiger partial charge in [-0.2, -0.15) is 4.31 Å². The molecule has 1 aromatic rings. The summed E-state index contributed by atoms with van der Waals surface area (Å²) in [5.41, 5.74) is 6.21. The Morgan fingerprint density at radius 3 is 2.56 bits per heavy atom. The second-order valence-electron chi connectivity index (χ2n) is 7.50. The summed E-state index contributed by atoms with van der Waals surface area (Å²) in [5, 5.41) is 2.88. The molecule has 1 amide bonds. The largest absolute Gasteiger partial charge is 0.349 e. The van der Waals surface area contributed by atoms with E-state index in [1.54, 1.807) is 18.2 Å². The molecule has 2 fully saturated rings. The van der Waals surface area contributed by atoms with Crippen LogP contribution in [0.4, 0.5) is 0 Å². The number of piperidine rings is 1. The van der Waals surface area contributed by atoms with Gasteiger partial charge in [-0.1, -0.05) is 19.9 Å². The lowest BCUT2D eigenvalue weighted by Gasteiger charge is -2.41. The number of hydrogen-bond donors (Lipinski definition) is 2. The molecule has 0 bridgehead atoms. The van der Waals surface area contributed by atoms with Crippen LogP contribution in [-0.4, -0.2) is 43.8 Å². The number of amides is 1. The normalized spacial score (nSPS) is 23.6. The molecule has 25 heavy (non-hydrogen) atoms. The molecule has 1 unspecified atom stereocenters. The lowest BCUT2D eigenvalue weighted by molar-refractivity contribution is 0.0951. The zero-order valence-electron chi connectivity index (χ0n) is 14.6. The van der Waals surface area contributed by atoms with Gasteiger partial charge in [0.1, 0.15) is 0 Å². The van der Waals surface area contributed by atoms with Crippen LogP contribution in [0.2, 0.25) is 0 Å². The van der Waals surface area contributed by atoms with Gasteiger partial charge in [0.25, 0.3) is 5.91 Å². The average Bonchev–Trinajstić information content (AvgIpc) is 3.34. The highest BCUT2D eigenvalue weighted by atomic mass is 35.5. The first-order chi connectivity index (χ1) is 11.2. The van der Waals surface area contributed by atoms with Crippen molar-refractivity contribution in [3.63, 3.8) is 0 Å². The lowest BCUT2D eigenvalue weighted by atomic mass is 9.81. The molecule has 0 radical (unpaired) electrons. The van der Waals surface area contributed by atoms with Crippen molar-refractivity contribution in [2.24, 2.45) is 11.1 Å². The number of halogens is 1. The topological polar surface area (TPSA) is 92.5 Å². The number of sulfonamides is 1. The maximum Gasteiger partial charge on any atom is 0.251 e. The van der Waals surface area contributed by atoms with E-state index in [-0.39, 0.29) is 40.7 Å². The number of carbonyl (C=O) groups excluding carboxylic acids is 1. The monoisotopic (exact) mass is 387 g/mol. The number of nitrogens with two attached hydrogens (primary N) is 1. The van der Waals surface area contributed by atoms with Gasteiger partial charge in [-0.05, 0) is 42.9 Å². The summed E-state index contributed by atoms with van der Waals surface area (Å²) in [6.45, 7) is 4.76. The smallest absolute Gasteiger partial charge is 0.251 e. The maximum absolute atomic E-state index is 12.9. The molecule has 2 aliphatic rings. The Labute approximate surface area is 155 Å². The van der Waals surface area contributed by atoms with Gasteiger partial charge in [0.05, 0.1) is 4.90 Å². The van der Waals surface area contributed by atoms with Crippen LogP contribution in [0.3, 0.4) is 0 Å². The fourth-order valence-electron chi connectivity index (χ4n) is 2.97. The zero-order chi connectivity index (χ0) is 17.5. The van der Waals surface area contributed by atoms with Gasteiger partial charge >= 0.3 is 0 Å². The average molecular weight is 388 g/mol. The molecule has 1 heterocycles. The van der Waals surface area contributed by atoms with E-state index in [4.69, 9.17) is 5.73 Å². The molecule has 1 saturated carbocycles. The molecule has 3 N–H and O–H groups in total. The van der Waals surface area contributed by atoms with Crippen LogP contribution in [0.25, 0.3) is 0 Å². The Kier molecular flexibility index (Phi) is 5.83. The third-order valence-electron chi connectivity index (χ3n) is 4.92. The van der Waals surface area contributed by atoms with Crippen molar-refractivity contribution in [1.29, 1.82) is 0 Å². The Balaban J connectivity index is 0.00000225. The number of hydrogen-bond acceptors (Lipinski definition) is 4. The van der Waals surface area contributed by atoms with Gasteiger partial charge < -0.3 is 11.1 Å². The Bertz CT molecular complexity index is 747. The number of nitrogens with one attached hydrogen (secondary N) is 1. The van der Waals surface area contributed by atoms with Crippen LogP contribution in [0.1, 0.15) is 43.5 Å². The lowest BCUT2D eigenvalue weighted by Crippen LogP contribution is -2.53. The van der Waals surface area contributed by atoms with E-state index < -0.39 is 10.0 Å². The number of nitrogens with zero attached hydrogens (tertiary/aromatic N) is 1. The predicted octanol–water partition coefficient (Wildman–Crippen LogP) is 1.75. The minimum absolute atomic E-state index is 0. The van der Waals surface area contributed by atoms with Crippen molar-refractivity contribution < 1.29 is 13.2 Å². The van der Waals surface area contributed by atoms with E-state index in [1.807, 2.05) is 13.8 Å². The van der Waals surface area contributed by atoms with Gasteiger partial charge in [0.15, 0.2) is 0 Å². The molecule has 0 aromatic heterocycles. The molecule has 1 atom stereocenters. The summed E-state index contributed by atoms with van der Waals surface area (Å²) in [7, 11) is -3.63. The number of rotatable bonds is 4. The van der Waals surface area contributed by atoms with Gasteiger partial charge in [0.2, 0.25) is 10.0 Å². The zero-order valence-corrected chi connectivity index (χ0v) is 16.2. The maximum atomic E-state index is 12.9. The highest BCUT2D eigenvalue weighted by molar-refractivity contribution is 7.89. The van der Waals surface area contributed by atoms with Crippen LogP contribution in [0.5, 0.6) is 0 Å². The highest BCUT2D eigenvalue weighted by Crippen LogP contribution is 2.31. The summed E-state index contributed by atoms with van der Waals surface area (Å²) < 4.78 is 27.4. The van der Waals surface area contributed by atoms with Crippen molar-refractivity contribution in [1.82, 2.24) is 9.62 Å². The Morgan fingerprint density at radius 2 is 1.96 bits per heavy atom. The molecule has 3 rings (SSSR count). The van der Waals surface area contributed by atoms with Crippen molar-refractivity contribution in [3.8, 4) is 0 Å². The Hall–Kier alpha value is -1.15. The molecular formula is C17H26ClN3O3S. The molecule has 0 spiro atoms. The van der Waals surface area contributed by atoms with Crippen molar-refractivity contribution >= 4 is 28.3 Å². The van der Waals surface area contributed by atoms with Crippen LogP contribution in [0, 0.1) is 5.41 Å². The molecule has 1 aliphatic heterocycles. The van der Waals surface area contributed by atoms with Crippen LogP contribution in [-0.2, 0) is 10.0 Å². The molecule has 1 aromatic carbocycles.